The molecule has 4 rings (SSSR count). The normalized spacial score (nSPS) is 17.0. The average Bonchev–Trinajstić information content (AvgIpc) is 3.30. The molecule has 0 unspecified atom stereocenters. The minimum absolute atomic E-state index is 0.0271. The number of benzene rings is 2. The molecule has 0 bridgehead atoms. The van der Waals surface area contributed by atoms with Gasteiger partial charge in [0.2, 0.25) is 17.6 Å². The number of imidazole rings is 1. The van der Waals surface area contributed by atoms with E-state index in [1.54, 1.807) is 36.1 Å². The highest BCUT2D eigenvalue weighted by Gasteiger charge is 2.26. The van der Waals surface area contributed by atoms with E-state index in [1.807, 2.05) is 24.3 Å². The standard InChI is InChI=1S/C26H27N5O3/c1-3-14-28-26(23(27)19-7-6-15-31(16-19)17(2)32)34-20-12-10-18(11-13-20)24(33)25-29-21-8-4-5-9-22(21)30-25/h3-5,8-14,19H,1,6-7,15-16,27H2,2H3,(H,29,30)/b26-23+,28-14?/t19-/m0/s1. The van der Waals surface area contributed by atoms with E-state index >= 15 is 0 Å². The molecule has 8 heteroatoms. The van der Waals surface area contributed by atoms with Crippen molar-refractivity contribution in [1.29, 1.82) is 0 Å². The molecule has 0 saturated carbocycles. The number of piperidine rings is 1. The summed E-state index contributed by atoms with van der Waals surface area (Å²) in [4.78, 5) is 38.2. The van der Waals surface area contributed by atoms with Crippen LogP contribution in [0.3, 0.4) is 0 Å². The molecular formula is C26H27N5O3. The third kappa shape index (κ3) is 5.06. The van der Waals surface area contributed by atoms with Crippen molar-refractivity contribution in [3.63, 3.8) is 0 Å². The number of ether oxygens (including phenoxy) is 1. The number of hydrogen-bond acceptors (Lipinski definition) is 6. The molecule has 0 radical (unpaired) electrons. The second-order valence-electron chi connectivity index (χ2n) is 8.14. The van der Waals surface area contributed by atoms with Gasteiger partial charge in [-0.1, -0.05) is 24.8 Å². The summed E-state index contributed by atoms with van der Waals surface area (Å²) in [6.45, 7) is 6.47. The molecule has 1 saturated heterocycles. The van der Waals surface area contributed by atoms with Crippen LogP contribution in [-0.4, -0.2) is 45.9 Å². The summed E-state index contributed by atoms with van der Waals surface area (Å²) in [5.74, 6) is 0.783. The van der Waals surface area contributed by atoms with Crippen molar-refractivity contribution < 1.29 is 14.3 Å². The molecule has 174 valence electrons. The van der Waals surface area contributed by atoms with Gasteiger partial charge in [0.25, 0.3) is 0 Å². The molecular weight excluding hydrogens is 430 g/mol. The van der Waals surface area contributed by atoms with Gasteiger partial charge in [-0.05, 0) is 49.2 Å². The van der Waals surface area contributed by atoms with Gasteiger partial charge >= 0.3 is 0 Å². The zero-order valence-electron chi connectivity index (χ0n) is 19.0. The lowest BCUT2D eigenvalue weighted by Gasteiger charge is -2.32. The summed E-state index contributed by atoms with van der Waals surface area (Å²) < 4.78 is 5.99. The van der Waals surface area contributed by atoms with Crippen LogP contribution < -0.4 is 10.5 Å². The van der Waals surface area contributed by atoms with Crippen LogP contribution in [0.1, 0.15) is 35.9 Å². The number of aliphatic imine (C=N–C) groups is 1. The Bertz CT molecular complexity index is 1240. The van der Waals surface area contributed by atoms with E-state index in [0.29, 0.717) is 23.6 Å². The number of aromatic amines is 1. The summed E-state index contributed by atoms with van der Waals surface area (Å²) in [6.07, 6.45) is 4.75. The highest BCUT2D eigenvalue weighted by atomic mass is 16.5. The molecule has 34 heavy (non-hydrogen) atoms. The Morgan fingerprint density at radius 3 is 2.71 bits per heavy atom. The quantitative estimate of drug-likeness (QED) is 0.318. The Hall–Kier alpha value is -4.20. The van der Waals surface area contributed by atoms with Crippen molar-refractivity contribution in [3.05, 3.63) is 84.2 Å². The maximum atomic E-state index is 12.9. The van der Waals surface area contributed by atoms with Gasteiger partial charge in [0.05, 0.1) is 16.7 Å². The van der Waals surface area contributed by atoms with Crippen LogP contribution >= 0.6 is 0 Å². The third-order valence-corrected chi connectivity index (χ3v) is 5.79. The summed E-state index contributed by atoms with van der Waals surface area (Å²) in [6, 6.07) is 14.2. The number of nitrogens with one attached hydrogen (secondary N) is 1. The van der Waals surface area contributed by atoms with E-state index in [9.17, 15) is 9.59 Å². The van der Waals surface area contributed by atoms with Gasteiger partial charge in [0.1, 0.15) is 5.75 Å². The van der Waals surface area contributed by atoms with Gasteiger partial charge in [0.15, 0.2) is 5.82 Å². The number of rotatable bonds is 7. The number of carbonyl (C=O) groups excluding carboxylic acids is 2. The molecule has 8 nitrogen and oxygen atoms in total. The third-order valence-electron chi connectivity index (χ3n) is 5.79. The maximum absolute atomic E-state index is 12.9. The Morgan fingerprint density at radius 2 is 2.00 bits per heavy atom. The number of amides is 1. The number of ketones is 1. The van der Waals surface area contributed by atoms with Crippen molar-refractivity contribution >= 4 is 28.9 Å². The van der Waals surface area contributed by atoms with Crippen LogP contribution in [0.25, 0.3) is 11.0 Å². The predicted octanol–water partition coefficient (Wildman–Crippen LogP) is 3.82. The molecule has 3 N–H and O–H groups in total. The zero-order chi connectivity index (χ0) is 24.1. The SMILES string of the molecule is C=CC=N/C(Oc1ccc(C(=O)c2nc3ccccc3[nH]2)cc1)=C(\N)[C@H]1CCCN(C(C)=O)C1. The van der Waals surface area contributed by atoms with Gasteiger partial charge in [-0.15, -0.1) is 0 Å². The second kappa shape index (κ2) is 10.2. The van der Waals surface area contributed by atoms with Crippen LogP contribution in [0.15, 0.2) is 77.8 Å². The summed E-state index contributed by atoms with van der Waals surface area (Å²) in [7, 11) is 0. The number of fused-ring (bicyclic) bond motifs is 1. The van der Waals surface area contributed by atoms with Gasteiger partial charge in [-0.2, -0.15) is 0 Å². The lowest BCUT2D eigenvalue weighted by atomic mass is 9.95. The molecule has 1 aliphatic heterocycles. The first-order chi connectivity index (χ1) is 16.5. The highest BCUT2D eigenvalue weighted by Crippen LogP contribution is 2.26. The minimum Gasteiger partial charge on any atom is -0.437 e. The second-order valence-corrected chi connectivity index (χ2v) is 8.14. The van der Waals surface area contributed by atoms with Gasteiger partial charge in [-0.3, -0.25) is 9.59 Å². The molecule has 1 amide bonds. The van der Waals surface area contributed by atoms with E-state index in [4.69, 9.17) is 10.5 Å². The molecule has 2 aromatic carbocycles. The number of para-hydroxylation sites is 2. The Kier molecular flexibility index (Phi) is 6.87. The maximum Gasteiger partial charge on any atom is 0.238 e. The van der Waals surface area contributed by atoms with Crippen molar-refractivity contribution in [2.75, 3.05) is 13.1 Å². The van der Waals surface area contributed by atoms with Crippen LogP contribution in [0, 0.1) is 5.92 Å². The summed E-state index contributed by atoms with van der Waals surface area (Å²) in [5.41, 5.74) is 8.94. The van der Waals surface area contributed by atoms with Crippen LogP contribution in [0.5, 0.6) is 5.75 Å². The fourth-order valence-corrected chi connectivity index (χ4v) is 3.95. The van der Waals surface area contributed by atoms with Crippen molar-refractivity contribution in [1.82, 2.24) is 14.9 Å². The van der Waals surface area contributed by atoms with Crippen LogP contribution in [-0.2, 0) is 4.79 Å². The lowest BCUT2D eigenvalue weighted by Crippen LogP contribution is -2.40. The van der Waals surface area contributed by atoms with Gasteiger partial charge in [-0.25, -0.2) is 9.98 Å². The first-order valence-electron chi connectivity index (χ1n) is 11.1. The fourth-order valence-electron chi connectivity index (χ4n) is 3.95. The van der Waals surface area contributed by atoms with Crippen LogP contribution in [0.4, 0.5) is 0 Å². The number of likely N-dealkylation sites (tertiary alicyclic amines) is 1. The van der Waals surface area contributed by atoms with Gasteiger partial charge in [0, 0.05) is 37.7 Å². The summed E-state index contributed by atoms with van der Waals surface area (Å²) >= 11 is 0. The number of nitrogens with zero attached hydrogens (tertiary/aromatic N) is 3. The molecule has 1 aliphatic rings. The highest BCUT2D eigenvalue weighted by molar-refractivity contribution is 6.08. The minimum atomic E-state index is -0.214. The van der Waals surface area contributed by atoms with E-state index in [-0.39, 0.29) is 29.3 Å². The van der Waals surface area contributed by atoms with E-state index in [1.165, 1.54) is 12.3 Å². The molecule has 0 spiro atoms. The van der Waals surface area contributed by atoms with E-state index in [0.717, 1.165) is 30.4 Å². The Morgan fingerprint density at radius 1 is 1.24 bits per heavy atom. The van der Waals surface area contributed by atoms with Crippen molar-refractivity contribution in [3.8, 4) is 5.75 Å². The molecule has 1 fully saturated rings. The van der Waals surface area contributed by atoms with Crippen LogP contribution in [0.2, 0.25) is 0 Å². The molecule has 2 heterocycles. The first kappa shape index (κ1) is 23.0. The molecule has 3 aromatic rings. The summed E-state index contributed by atoms with van der Waals surface area (Å²) in [5, 5.41) is 0. The number of allylic oxidation sites excluding steroid dienone is 1. The number of aromatic nitrogens is 2. The monoisotopic (exact) mass is 457 g/mol. The first-order valence-corrected chi connectivity index (χ1v) is 11.1. The fraction of sp³-hybridized carbons (Fsp3) is 0.231. The zero-order valence-corrected chi connectivity index (χ0v) is 19.0. The average molecular weight is 458 g/mol. The number of H-pyrrole nitrogens is 1. The lowest BCUT2D eigenvalue weighted by molar-refractivity contribution is -0.130. The van der Waals surface area contributed by atoms with E-state index < -0.39 is 0 Å². The topological polar surface area (TPSA) is 114 Å². The Labute approximate surface area is 197 Å². The van der Waals surface area contributed by atoms with Crippen molar-refractivity contribution in [2.45, 2.75) is 19.8 Å². The predicted molar refractivity (Wildman–Crippen MR) is 131 cm³/mol. The van der Waals surface area contributed by atoms with E-state index in [2.05, 4.69) is 21.5 Å². The molecule has 1 aromatic heterocycles. The molecule has 0 aliphatic carbocycles. The largest absolute Gasteiger partial charge is 0.437 e. The van der Waals surface area contributed by atoms with Gasteiger partial charge < -0.3 is 20.4 Å². The number of hydrogen-bond donors (Lipinski definition) is 2. The smallest absolute Gasteiger partial charge is 0.238 e. The molecule has 1 atom stereocenters. The number of nitrogens with two attached hydrogens (primary N) is 1. The van der Waals surface area contributed by atoms with Crippen molar-refractivity contribution in [2.24, 2.45) is 16.6 Å². The number of carbonyl (C=O) groups is 2. The Balaban J connectivity index is 1.53.